The van der Waals surface area contributed by atoms with E-state index >= 15 is 0 Å². The van der Waals surface area contributed by atoms with Gasteiger partial charge in [0.1, 0.15) is 5.75 Å². The van der Waals surface area contributed by atoms with Gasteiger partial charge < -0.3 is 4.74 Å². The van der Waals surface area contributed by atoms with Crippen LogP contribution in [0.15, 0.2) is 65.3 Å². The Balaban J connectivity index is 1.62. The molecule has 25 heavy (non-hydrogen) atoms. The molecule has 4 heterocycles. The maximum Gasteiger partial charge on any atom is 0.213 e. The lowest BCUT2D eigenvalue weighted by atomic mass is 9.98. The maximum atomic E-state index is 6.29. The number of benzene rings is 1. The number of ether oxygens (including phenoxy) is 1. The van der Waals surface area contributed by atoms with E-state index in [-0.39, 0.29) is 12.3 Å². The van der Waals surface area contributed by atoms with E-state index in [1.165, 1.54) is 4.88 Å². The van der Waals surface area contributed by atoms with E-state index in [1.807, 2.05) is 30.3 Å². The van der Waals surface area contributed by atoms with Crippen LogP contribution in [0.5, 0.6) is 5.75 Å². The molecule has 124 valence electrons. The Morgan fingerprint density at radius 1 is 1.16 bits per heavy atom. The van der Waals surface area contributed by atoms with E-state index in [9.17, 15) is 0 Å². The summed E-state index contributed by atoms with van der Waals surface area (Å²) < 4.78 is 6.29. The highest BCUT2D eigenvalue weighted by Crippen LogP contribution is 2.48. The van der Waals surface area contributed by atoms with Crippen molar-refractivity contribution < 1.29 is 4.74 Å². The summed E-state index contributed by atoms with van der Waals surface area (Å²) in [7, 11) is 0. The first-order valence-electron chi connectivity index (χ1n) is 8.05. The van der Waals surface area contributed by atoms with Crippen molar-refractivity contribution in [3.05, 3.63) is 81.3 Å². The van der Waals surface area contributed by atoms with Crippen LogP contribution in [0.3, 0.4) is 0 Å². The van der Waals surface area contributed by atoms with E-state index in [4.69, 9.17) is 21.4 Å². The van der Waals surface area contributed by atoms with Gasteiger partial charge in [-0.2, -0.15) is 5.10 Å². The first-order valence-corrected chi connectivity index (χ1v) is 9.31. The maximum absolute atomic E-state index is 6.29. The third kappa shape index (κ3) is 2.51. The number of hydrazone groups is 1. The average molecular weight is 368 g/mol. The number of nitrogens with zero attached hydrogens (tertiary/aromatic N) is 3. The average Bonchev–Trinajstić information content (AvgIpc) is 3.31. The van der Waals surface area contributed by atoms with Gasteiger partial charge in [-0.05, 0) is 41.8 Å². The third-order valence-corrected chi connectivity index (χ3v) is 5.70. The summed E-state index contributed by atoms with van der Waals surface area (Å²) in [5.74, 6) is 0.870. The Labute approximate surface area is 154 Å². The van der Waals surface area contributed by atoms with Crippen LogP contribution in [0.1, 0.15) is 34.7 Å². The molecule has 0 N–H and O–H groups in total. The van der Waals surface area contributed by atoms with Crippen LogP contribution >= 0.6 is 22.9 Å². The number of halogens is 1. The second kappa shape index (κ2) is 5.86. The van der Waals surface area contributed by atoms with Crippen LogP contribution < -0.4 is 4.74 Å². The van der Waals surface area contributed by atoms with Gasteiger partial charge in [0.2, 0.25) is 6.23 Å². The van der Waals surface area contributed by atoms with Gasteiger partial charge in [-0.15, -0.1) is 11.3 Å². The molecule has 4 nitrogen and oxygen atoms in total. The molecule has 0 fully saturated rings. The second-order valence-electron chi connectivity index (χ2n) is 6.06. The van der Waals surface area contributed by atoms with Gasteiger partial charge >= 0.3 is 0 Å². The van der Waals surface area contributed by atoms with Gasteiger partial charge in [0.05, 0.1) is 16.6 Å². The Morgan fingerprint density at radius 3 is 2.84 bits per heavy atom. The van der Waals surface area contributed by atoms with E-state index in [0.717, 1.165) is 29.0 Å². The summed E-state index contributed by atoms with van der Waals surface area (Å²) in [6.07, 6.45) is 4.15. The minimum absolute atomic E-state index is 0.123. The standard InChI is InChI=1S/C19H14ClN3OS/c20-13-3-4-17-14(10-13)16-11-15(18-2-1-9-25-18)22-23(16)19(24-17)12-5-7-21-8-6-12/h1-10,16,19H,11H2. The molecule has 2 aliphatic rings. The van der Waals surface area contributed by atoms with Gasteiger partial charge in [-0.25, -0.2) is 5.01 Å². The van der Waals surface area contributed by atoms with Crippen molar-refractivity contribution in [1.82, 2.24) is 9.99 Å². The highest BCUT2D eigenvalue weighted by atomic mass is 35.5. The predicted molar refractivity (Wildman–Crippen MR) is 99.1 cm³/mol. The molecule has 2 aliphatic heterocycles. The van der Waals surface area contributed by atoms with Crippen LogP contribution in [0.25, 0.3) is 0 Å². The fraction of sp³-hybridized carbons (Fsp3) is 0.158. The highest BCUT2D eigenvalue weighted by Gasteiger charge is 2.41. The summed E-state index contributed by atoms with van der Waals surface area (Å²) in [6, 6.07) is 14.1. The van der Waals surface area contributed by atoms with Crippen LogP contribution in [-0.2, 0) is 0 Å². The Hall–Kier alpha value is -2.37. The molecule has 0 amide bonds. The van der Waals surface area contributed by atoms with Gasteiger partial charge in [0.25, 0.3) is 0 Å². The van der Waals surface area contributed by atoms with Crippen LogP contribution in [0.2, 0.25) is 5.02 Å². The Bertz CT molecular complexity index is 943. The molecule has 5 rings (SSSR count). The topological polar surface area (TPSA) is 37.7 Å². The molecule has 2 aromatic heterocycles. The minimum atomic E-state index is -0.265. The smallest absolute Gasteiger partial charge is 0.213 e. The number of hydrogen-bond donors (Lipinski definition) is 0. The lowest BCUT2D eigenvalue weighted by Crippen LogP contribution is -2.33. The second-order valence-corrected chi connectivity index (χ2v) is 7.44. The number of pyridine rings is 1. The minimum Gasteiger partial charge on any atom is -0.464 e. The third-order valence-electron chi connectivity index (χ3n) is 4.55. The summed E-state index contributed by atoms with van der Waals surface area (Å²) in [4.78, 5) is 5.31. The van der Waals surface area contributed by atoms with Crippen molar-refractivity contribution in [2.75, 3.05) is 0 Å². The first-order chi connectivity index (χ1) is 12.3. The molecule has 0 saturated heterocycles. The Kier molecular flexibility index (Phi) is 3.50. The number of hydrogen-bond acceptors (Lipinski definition) is 5. The summed E-state index contributed by atoms with van der Waals surface area (Å²) in [6.45, 7) is 0. The Morgan fingerprint density at radius 2 is 2.04 bits per heavy atom. The van der Waals surface area contributed by atoms with Crippen molar-refractivity contribution in [2.24, 2.45) is 5.10 Å². The largest absolute Gasteiger partial charge is 0.464 e. The zero-order valence-electron chi connectivity index (χ0n) is 13.2. The van der Waals surface area contributed by atoms with Crippen molar-refractivity contribution in [1.29, 1.82) is 0 Å². The summed E-state index contributed by atoms with van der Waals surface area (Å²) in [5.41, 5.74) is 3.22. The molecule has 2 unspecified atom stereocenters. The van der Waals surface area contributed by atoms with E-state index < -0.39 is 0 Å². The lowest BCUT2D eigenvalue weighted by molar-refractivity contribution is -0.0190. The van der Waals surface area contributed by atoms with Gasteiger partial charge in [-0.1, -0.05) is 17.7 Å². The molecular formula is C19H14ClN3OS. The quantitative estimate of drug-likeness (QED) is 0.636. The zero-order valence-corrected chi connectivity index (χ0v) is 14.7. The van der Waals surface area contributed by atoms with E-state index in [2.05, 4.69) is 27.5 Å². The molecular weight excluding hydrogens is 354 g/mol. The molecule has 0 saturated carbocycles. The summed E-state index contributed by atoms with van der Waals surface area (Å²) >= 11 is 7.95. The van der Waals surface area contributed by atoms with Gasteiger partial charge in [0, 0.05) is 35.0 Å². The van der Waals surface area contributed by atoms with Crippen molar-refractivity contribution in [2.45, 2.75) is 18.7 Å². The summed E-state index contributed by atoms with van der Waals surface area (Å²) in [5, 5.41) is 9.77. The lowest BCUT2D eigenvalue weighted by Gasteiger charge is -2.38. The van der Waals surface area contributed by atoms with Gasteiger partial charge in [0.15, 0.2) is 0 Å². The number of rotatable bonds is 2. The number of fused-ring (bicyclic) bond motifs is 3. The molecule has 6 heteroatoms. The first kappa shape index (κ1) is 14.9. The van der Waals surface area contributed by atoms with Crippen LogP contribution in [0, 0.1) is 0 Å². The molecule has 1 aromatic carbocycles. The predicted octanol–water partition coefficient (Wildman–Crippen LogP) is 5.04. The molecule has 0 radical (unpaired) electrons. The fourth-order valence-electron chi connectivity index (χ4n) is 3.40. The monoisotopic (exact) mass is 367 g/mol. The normalized spacial score (nSPS) is 21.3. The molecule has 0 spiro atoms. The zero-order chi connectivity index (χ0) is 16.8. The van der Waals surface area contributed by atoms with E-state index in [1.54, 1.807) is 23.7 Å². The highest BCUT2D eigenvalue weighted by molar-refractivity contribution is 7.12. The van der Waals surface area contributed by atoms with Crippen LogP contribution in [-0.4, -0.2) is 15.7 Å². The SMILES string of the molecule is Clc1ccc2c(c1)C1CC(c3cccs3)=NN1C(c1ccncc1)O2. The van der Waals surface area contributed by atoms with Crippen molar-refractivity contribution in [3.63, 3.8) is 0 Å². The van der Waals surface area contributed by atoms with Gasteiger partial charge in [-0.3, -0.25) is 4.98 Å². The molecule has 0 bridgehead atoms. The van der Waals surface area contributed by atoms with E-state index in [0.29, 0.717) is 5.02 Å². The molecule has 3 aromatic rings. The molecule has 2 atom stereocenters. The fourth-order valence-corrected chi connectivity index (χ4v) is 4.30. The van der Waals surface area contributed by atoms with Crippen molar-refractivity contribution >= 4 is 28.6 Å². The van der Waals surface area contributed by atoms with Crippen molar-refractivity contribution in [3.8, 4) is 5.75 Å². The number of thiophene rings is 1. The van der Waals surface area contributed by atoms with Crippen LogP contribution in [0.4, 0.5) is 0 Å². The number of aromatic nitrogens is 1. The molecule has 0 aliphatic carbocycles.